The summed E-state index contributed by atoms with van der Waals surface area (Å²) in [4.78, 5) is 11.5. The lowest BCUT2D eigenvalue weighted by Gasteiger charge is -2.26. The molecule has 0 saturated carbocycles. The van der Waals surface area contributed by atoms with Crippen LogP contribution < -0.4 is 5.14 Å². The van der Waals surface area contributed by atoms with Crippen molar-refractivity contribution in [3.8, 4) is 0 Å². The van der Waals surface area contributed by atoms with Gasteiger partial charge < -0.3 is 0 Å². The lowest BCUT2D eigenvalue weighted by molar-refractivity contribution is -0.126. The molecule has 0 aliphatic heterocycles. The topological polar surface area (TPSA) is 77.2 Å². The summed E-state index contributed by atoms with van der Waals surface area (Å²) < 4.78 is 21.3. The Kier molecular flexibility index (Phi) is 3.63. The van der Waals surface area contributed by atoms with Gasteiger partial charge in [0.15, 0.2) is 5.78 Å². The third kappa shape index (κ3) is 3.87. The van der Waals surface area contributed by atoms with Crippen molar-refractivity contribution >= 4 is 15.8 Å². The molecule has 0 rings (SSSR count). The highest BCUT2D eigenvalue weighted by atomic mass is 32.2. The number of Topliss-reactive ketones (excluding diaryl/α,β-unsaturated/α-hetero) is 1. The Balaban J connectivity index is 4.63. The van der Waals surface area contributed by atoms with Crippen molar-refractivity contribution in [2.24, 2.45) is 16.5 Å². The molecule has 0 atom stereocenters. The van der Waals surface area contributed by atoms with Crippen LogP contribution in [0.1, 0.15) is 27.7 Å². The SMILES string of the molecule is CC(C)C(C)(C)C(=O)CS(N)(=O)=O. The zero-order chi connectivity index (χ0) is 10.9. The summed E-state index contributed by atoms with van der Waals surface area (Å²) in [5, 5.41) is 4.78. The van der Waals surface area contributed by atoms with Crippen LogP contribution in [0, 0.1) is 11.3 Å². The Bertz CT molecular complexity index is 291. The quantitative estimate of drug-likeness (QED) is 0.730. The van der Waals surface area contributed by atoms with Crippen molar-refractivity contribution < 1.29 is 13.2 Å². The Morgan fingerprint density at radius 1 is 1.38 bits per heavy atom. The molecule has 13 heavy (non-hydrogen) atoms. The fraction of sp³-hybridized carbons (Fsp3) is 0.875. The molecule has 0 aliphatic carbocycles. The standard InChI is InChI=1S/C8H17NO3S/c1-6(2)8(3,4)7(10)5-13(9,11)12/h6H,5H2,1-4H3,(H2,9,11,12). The molecule has 0 aliphatic rings. The van der Waals surface area contributed by atoms with Gasteiger partial charge in [-0.15, -0.1) is 0 Å². The molecule has 0 amide bonds. The van der Waals surface area contributed by atoms with Crippen LogP contribution in [0.3, 0.4) is 0 Å². The molecule has 0 saturated heterocycles. The molecule has 78 valence electrons. The van der Waals surface area contributed by atoms with E-state index in [4.69, 9.17) is 5.14 Å². The number of ketones is 1. The van der Waals surface area contributed by atoms with Gasteiger partial charge in [-0.3, -0.25) is 4.79 Å². The van der Waals surface area contributed by atoms with Gasteiger partial charge in [0.1, 0.15) is 5.75 Å². The minimum absolute atomic E-state index is 0.0988. The van der Waals surface area contributed by atoms with Crippen LogP contribution >= 0.6 is 0 Å². The molecule has 0 aromatic heterocycles. The number of primary sulfonamides is 1. The van der Waals surface area contributed by atoms with E-state index in [1.807, 2.05) is 13.8 Å². The van der Waals surface area contributed by atoms with Crippen molar-refractivity contribution in [1.29, 1.82) is 0 Å². The molecule has 5 heteroatoms. The molecule has 2 N–H and O–H groups in total. The highest BCUT2D eigenvalue weighted by molar-refractivity contribution is 7.89. The number of nitrogens with two attached hydrogens (primary N) is 1. The average molecular weight is 207 g/mol. The van der Waals surface area contributed by atoms with Crippen molar-refractivity contribution in [3.63, 3.8) is 0 Å². The highest BCUT2D eigenvalue weighted by Crippen LogP contribution is 2.27. The Hall–Kier alpha value is -0.420. The van der Waals surface area contributed by atoms with E-state index in [0.717, 1.165) is 0 Å². The zero-order valence-electron chi connectivity index (χ0n) is 8.49. The lowest BCUT2D eigenvalue weighted by Crippen LogP contribution is -2.36. The van der Waals surface area contributed by atoms with Crippen molar-refractivity contribution in [1.82, 2.24) is 0 Å². The van der Waals surface area contributed by atoms with E-state index < -0.39 is 21.2 Å². The summed E-state index contributed by atoms with van der Waals surface area (Å²) in [5.74, 6) is -0.801. The van der Waals surface area contributed by atoms with Gasteiger partial charge in [0, 0.05) is 5.41 Å². The van der Waals surface area contributed by atoms with E-state index in [9.17, 15) is 13.2 Å². The molecule has 0 heterocycles. The van der Waals surface area contributed by atoms with E-state index in [1.54, 1.807) is 13.8 Å². The van der Waals surface area contributed by atoms with E-state index in [2.05, 4.69) is 0 Å². The minimum Gasteiger partial charge on any atom is -0.298 e. The van der Waals surface area contributed by atoms with Crippen molar-refractivity contribution in [3.05, 3.63) is 0 Å². The van der Waals surface area contributed by atoms with Gasteiger partial charge in [-0.2, -0.15) is 0 Å². The second-order valence-corrected chi connectivity index (χ2v) is 5.72. The lowest BCUT2D eigenvalue weighted by atomic mass is 9.78. The third-order valence-corrected chi connectivity index (χ3v) is 3.16. The average Bonchev–Trinajstić information content (AvgIpc) is 1.82. The first-order valence-corrected chi connectivity index (χ1v) is 5.82. The predicted octanol–water partition coefficient (Wildman–Crippen LogP) is 0.526. The molecule has 0 spiro atoms. The number of hydrogen-bond acceptors (Lipinski definition) is 3. The second-order valence-electron chi connectivity index (χ2n) is 4.11. The summed E-state index contributed by atoms with van der Waals surface area (Å²) in [6.07, 6.45) is 0. The van der Waals surface area contributed by atoms with Crippen LogP contribution in [0.2, 0.25) is 0 Å². The molecule has 0 aromatic rings. The van der Waals surface area contributed by atoms with Crippen molar-refractivity contribution in [2.75, 3.05) is 5.75 Å². The minimum atomic E-state index is -3.69. The number of hydrogen-bond donors (Lipinski definition) is 1. The molecular weight excluding hydrogens is 190 g/mol. The molecule has 0 radical (unpaired) electrons. The van der Waals surface area contributed by atoms with Gasteiger partial charge >= 0.3 is 0 Å². The molecule has 0 bridgehead atoms. The van der Waals surface area contributed by atoms with Gasteiger partial charge in [0.25, 0.3) is 0 Å². The maximum Gasteiger partial charge on any atom is 0.216 e. The number of carbonyl (C=O) groups is 1. The van der Waals surface area contributed by atoms with Crippen LogP contribution in [0.25, 0.3) is 0 Å². The third-order valence-electron chi connectivity index (χ3n) is 2.49. The van der Waals surface area contributed by atoms with Crippen LogP contribution in [0.5, 0.6) is 0 Å². The smallest absolute Gasteiger partial charge is 0.216 e. The van der Waals surface area contributed by atoms with Crippen LogP contribution in [0.15, 0.2) is 0 Å². The van der Waals surface area contributed by atoms with Gasteiger partial charge in [0.2, 0.25) is 10.0 Å². The number of rotatable bonds is 4. The molecule has 0 fully saturated rings. The van der Waals surface area contributed by atoms with Crippen molar-refractivity contribution in [2.45, 2.75) is 27.7 Å². The first kappa shape index (κ1) is 12.6. The summed E-state index contributed by atoms with van der Waals surface area (Å²) in [7, 11) is -3.69. The normalized spacial score (nSPS) is 13.4. The maximum atomic E-state index is 11.5. The van der Waals surface area contributed by atoms with Crippen LogP contribution in [-0.2, 0) is 14.8 Å². The monoisotopic (exact) mass is 207 g/mol. The number of carbonyl (C=O) groups excluding carboxylic acids is 1. The predicted molar refractivity (Wildman–Crippen MR) is 51.6 cm³/mol. The van der Waals surface area contributed by atoms with E-state index in [0.29, 0.717) is 0 Å². The molecule has 0 aromatic carbocycles. The summed E-state index contributed by atoms with van der Waals surface area (Å²) in [5.41, 5.74) is -0.633. The fourth-order valence-corrected chi connectivity index (χ4v) is 1.43. The van der Waals surface area contributed by atoms with Gasteiger partial charge in [-0.25, -0.2) is 13.6 Å². The summed E-state index contributed by atoms with van der Waals surface area (Å²) in [6, 6.07) is 0. The highest BCUT2D eigenvalue weighted by Gasteiger charge is 2.32. The Morgan fingerprint density at radius 2 is 1.77 bits per heavy atom. The van der Waals surface area contributed by atoms with E-state index in [-0.39, 0.29) is 11.7 Å². The van der Waals surface area contributed by atoms with Gasteiger partial charge in [0.05, 0.1) is 0 Å². The Morgan fingerprint density at radius 3 is 2.00 bits per heavy atom. The maximum absolute atomic E-state index is 11.5. The van der Waals surface area contributed by atoms with Gasteiger partial charge in [-0.1, -0.05) is 27.7 Å². The van der Waals surface area contributed by atoms with Gasteiger partial charge in [-0.05, 0) is 5.92 Å². The van der Waals surface area contributed by atoms with Crippen LogP contribution in [-0.4, -0.2) is 20.0 Å². The fourth-order valence-electron chi connectivity index (χ4n) is 0.691. The van der Waals surface area contributed by atoms with E-state index in [1.165, 1.54) is 0 Å². The first-order valence-electron chi connectivity index (χ1n) is 4.11. The number of sulfonamides is 1. The molecule has 4 nitrogen and oxygen atoms in total. The van der Waals surface area contributed by atoms with Crippen LogP contribution in [0.4, 0.5) is 0 Å². The van der Waals surface area contributed by atoms with E-state index >= 15 is 0 Å². The first-order chi connectivity index (χ1) is 5.57. The molecular formula is C8H17NO3S. The summed E-state index contributed by atoms with van der Waals surface area (Å²) in [6.45, 7) is 7.21. The largest absolute Gasteiger partial charge is 0.298 e. The molecule has 0 unspecified atom stereocenters. The zero-order valence-corrected chi connectivity index (χ0v) is 9.31. The summed E-state index contributed by atoms with van der Waals surface area (Å²) >= 11 is 0. The Labute approximate surface area is 79.6 Å². The second kappa shape index (κ2) is 3.75.